The normalized spacial score (nSPS) is 25.1. The van der Waals surface area contributed by atoms with E-state index in [0.29, 0.717) is 6.07 Å². The van der Waals surface area contributed by atoms with E-state index >= 15 is 0 Å². The van der Waals surface area contributed by atoms with Gasteiger partial charge in [0.15, 0.2) is 15.5 Å². The van der Waals surface area contributed by atoms with Crippen molar-refractivity contribution < 1.29 is 44.2 Å². The summed E-state index contributed by atoms with van der Waals surface area (Å²) in [5, 5.41) is 3.64. The molecular formula is C20H20F6N2O4S. The zero-order valence-corrected chi connectivity index (χ0v) is 18.1. The highest BCUT2D eigenvalue weighted by atomic mass is 32.2. The highest BCUT2D eigenvalue weighted by molar-refractivity contribution is 7.92. The van der Waals surface area contributed by atoms with E-state index in [1.165, 1.54) is 6.92 Å². The van der Waals surface area contributed by atoms with Gasteiger partial charge in [0.2, 0.25) is 0 Å². The lowest BCUT2D eigenvalue weighted by Gasteiger charge is -2.38. The quantitative estimate of drug-likeness (QED) is 0.578. The molecule has 33 heavy (non-hydrogen) atoms. The Morgan fingerprint density at radius 2 is 1.79 bits per heavy atom. The Morgan fingerprint density at radius 3 is 2.36 bits per heavy atom. The van der Waals surface area contributed by atoms with Gasteiger partial charge < -0.3 is 9.47 Å². The maximum Gasteiger partial charge on any atom is 0.435 e. The highest BCUT2D eigenvalue weighted by Gasteiger charge is 2.47. The fourth-order valence-corrected chi connectivity index (χ4v) is 5.80. The van der Waals surface area contributed by atoms with Gasteiger partial charge in [0, 0.05) is 6.61 Å². The summed E-state index contributed by atoms with van der Waals surface area (Å²) in [4.78, 5) is -0.502. The lowest BCUT2D eigenvalue weighted by molar-refractivity contribution is -0.142. The van der Waals surface area contributed by atoms with Gasteiger partial charge in [-0.1, -0.05) is 6.07 Å². The minimum absolute atomic E-state index is 0.0329. The van der Waals surface area contributed by atoms with Crippen molar-refractivity contribution in [1.29, 1.82) is 0 Å². The van der Waals surface area contributed by atoms with Gasteiger partial charge in [-0.2, -0.15) is 31.4 Å². The summed E-state index contributed by atoms with van der Waals surface area (Å²) in [7, 11) is -4.29. The number of sulfone groups is 1. The molecule has 6 nitrogen and oxygen atoms in total. The van der Waals surface area contributed by atoms with Gasteiger partial charge in [-0.05, 0) is 44.0 Å². The second-order valence-electron chi connectivity index (χ2n) is 8.38. The first-order valence-corrected chi connectivity index (χ1v) is 11.5. The van der Waals surface area contributed by atoms with Crippen molar-refractivity contribution in [2.24, 2.45) is 0 Å². The Labute approximate surface area is 185 Å². The molecule has 0 radical (unpaired) electrons. The molecule has 1 aromatic carbocycles. The predicted octanol–water partition coefficient (Wildman–Crippen LogP) is 4.58. The van der Waals surface area contributed by atoms with Crippen molar-refractivity contribution in [2.75, 3.05) is 19.8 Å². The number of aromatic nitrogens is 2. The van der Waals surface area contributed by atoms with Crippen LogP contribution in [0.15, 0.2) is 35.2 Å². The number of halogens is 6. The van der Waals surface area contributed by atoms with Crippen molar-refractivity contribution in [3.8, 4) is 0 Å². The number of hydrogen-bond acceptors (Lipinski definition) is 5. The smallest absolute Gasteiger partial charge is 0.377 e. The standard InChI is InChI=1S/C20H20F6N2O4S/c1-18(33(29,30)14-4-2-3-12(7-14)19(21,22)23)5-6-32-16(9-18)15-8-17(20(24,25)26)27-28(15)13-10-31-11-13/h2-4,7-8,13,16H,5-6,9-11H2,1H3/t16-,18-/m0/s1. The average molecular weight is 498 g/mol. The highest BCUT2D eigenvalue weighted by Crippen LogP contribution is 2.44. The molecule has 4 rings (SSSR count). The first-order chi connectivity index (χ1) is 15.2. The van der Waals surface area contributed by atoms with Crippen LogP contribution in [0.5, 0.6) is 0 Å². The Morgan fingerprint density at radius 1 is 1.09 bits per heavy atom. The number of alkyl halides is 6. The van der Waals surface area contributed by atoms with E-state index in [1.54, 1.807) is 0 Å². The van der Waals surface area contributed by atoms with E-state index in [-0.39, 0.29) is 38.4 Å². The summed E-state index contributed by atoms with van der Waals surface area (Å²) >= 11 is 0. The molecule has 2 aromatic rings. The molecule has 13 heteroatoms. The molecule has 2 atom stereocenters. The van der Waals surface area contributed by atoms with Crippen LogP contribution in [0.2, 0.25) is 0 Å². The second-order valence-corrected chi connectivity index (χ2v) is 10.8. The van der Waals surface area contributed by atoms with Crippen LogP contribution in [0.1, 0.15) is 48.9 Å². The van der Waals surface area contributed by atoms with Gasteiger partial charge in [-0.3, -0.25) is 4.68 Å². The molecule has 0 spiro atoms. The van der Waals surface area contributed by atoms with Crippen molar-refractivity contribution in [2.45, 2.75) is 53.9 Å². The Bertz CT molecular complexity index is 1140. The van der Waals surface area contributed by atoms with Crippen LogP contribution in [0.3, 0.4) is 0 Å². The van der Waals surface area contributed by atoms with E-state index in [0.717, 1.165) is 28.9 Å². The molecule has 2 saturated heterocycles. The summed E-state index contributed by atoms with van der Waals surface area (Å²) in [6.07, 6.45) is -10.8. The van der Waals surface area contributed by atoms with E-state index in [2.05, 4.69) is 5.10 Å². The van der Waals surface area contributed by atoms with Gasteiger partial charge in [0.1, 0.15) is 6.10 Å². The number of hydrogen-bond donors (Lipinski definition) is 0. The third-order valence-electron chi connectivity index (χ3n) is 6.04. The zero-order chi connectivity index (χ0) is 24.2. The largest absolute Gasteiger partial charge is 0.435 e. The third-order valence-corrected chi connectivity index (χ3v) is 8.58. The van der Waals surface area contributed by atoms with Crippen LogP contribution >= 0.6 is 0 Å². The maximum atomic E-state index is 13.4. The average Bonchev–Trinajstić information content (AvgIpc) is 3.11. The molecule has 2 aliphatic rings. The van der Waals surface area contributed by atoms with Crippen LogP contribution in [0, 0.1) is 0 Å². The molecule has 0 bridgehead atoms. The van der Waals surface area contributed by atoms with Crippen molar-refractivity contribution >= 4 is 9.84 Å². The fourth-order valence-electron chi connectivity index (χ4n) is 3.97. The van der Waals surface area contributed by atoms with E-state index in [9.17, 15) is 34.8 Å². The van der Waals surface area contributed by atoms with Gasteiger partial charge >= 0.3 is 12.4 Å². The van der Waals surface area contributed by atoms with Crippen molar-refractivity contribution in [1.82, 2.24) is 9.78 Å². The molecule has 3 heterocycles. The van der Waals surface area contributed by atoms with Gasteiger partial charge in [-0.15, -0.1) is 0 Å². The molecule has 0 saturated carbocycles. The zero-order valence-electron chi connectivity index (χ0n) is 17.3. The Balaban J connectivity index is 1.69. The van der Waals surface area contributed by atoms with Gasteiger partial charge in [-0.25, -0.2) is 8.42 Å². The number of ether oxygens (including phenoxy) is 2. The first-order valence-electron chi connectivity index (χ1n) is 10.0. The summed E-state index contributed by atoms with van der Waals surface area (Å²) in [5.41, 5.74) is -2.18. The lowest BCUT2D eigenvalue weighted by Crippen LogP contribution is -2.43. The summed E-state index contributed by atoms with van der Waals surface area (Å²) < 4.78 is 116. The van der Waals surface area contributed by atoms with E-state index in [1.807, 2.05) is 0 Å². The van der Waals surface area contributed by atoms with Crippen LogP contribution in [-0.2, 0) is 31.7 Å². The van der Waals surface area contributed by atoms with E-state index in [4.69, 9.17) is 9.47 Å². The number of benzene rings is 1. The minimum atomic E-state index is -4.73. The van der Waals surface area contributed by atoms with Crippen molar-refractivity contribution in [3.63, 3.8) is 0 Å². The number of nitrogens with zero attached hydrogens (tertiary/aromatic N) is 2. The molecule has 0 amide bonds. The lowest BCUT2D eigenvalue weighted by atomic mass is 9.94. The fraction of sp³-hybridized carbons (Fsp3) is 0.550. The summed E-state index contributed by atoms with van der Waals surface area (Å²) in [6.45, 7) is 1.57. The molecule has 0 N–H and O–H groups in total. The van der Waals surface area contributed by atoms with E-state index < -0.39 is 55.2 Å². The molecule has 0 aliphatic carbocycles. The number of rotatable bonds is 4. The second kappa shape index (κ2) is 7.98. The summed E-state index contributed by atoms with van der Waals surface area (Å²) in [6, 6.07) is 3.81. The summed E-state index contributed by atoms with van der Waals surface area (Å²) in [5.74, 6) is 0. The Hall–Kier alpha value is -2.12. The first kappa shape index (κ1) is 24.0. The minimum Gasteiger partial charge on any atom is -0.377 e. The van der Waals surface area contributed by atoms with Crippen molar-refractivity contribution in [3.05, 3.63) is 47.3 Å². The van der Waals surface area contributed by atoms with Crippen LogP contribution in [0.25, 0.3) is 0 Å². The topological polar surface area (TPSA) is 70.4 Å². The van der Waals surface area contributed by atoms with Crippen LogP contribution in [-0.4, -0.2) is 42.8 Å². The van der Waals surface area contributed by atoms with Crippen LogP contribution < -0.4 is 0 Å². The molecular weight excluding hydrogens is 478 g/mol. The predicted molar refractivity (Wildman–Crippen MR) is 102 cm³/mol. The molecule has 2 fully saturated rings. The van der Waals surface area contributed by atoms with Gasteiger partial charge in [0.25, 0.3) is 0 Å². The molecule has 2 aliphatic heterocycles. The van der Waals surface area contributed by atoms with Gasteiger partial charge in [0.05, 0.1) is 40.2 Å². The monoisotopic (exact) mass is 498 g/mol. The molecule has 0 unspecified atom stereocenters. The van der Waals surface area contributed by atoms with Crippen LogP contribution in [0.4, 0.5) is 26.3 Å². The maximum absolute atomic E-state index is 13.4. The third kappa shape index (κ3) is 4.37. The Kier molecular flexibility index (Phi) is 5.81. The molecule has 1 aromatic heterocycles. The molecule has 182 valence electrons. The SMILES string of the molecule is C[C@]1(S(=O)(=O)c2cccc(C(F)(F)F)c2)CCO[C@H](c2cc(C(F)(F)F)nn2C2COC2)C1.